The maximum absolute atomic E-state index is 12.7. The zero-order valence-electron chi connectivity index (χ0n) is 18.1. The molecule has 0 spiro atoms. The lowest BCUT2D eigenvalue weighted by molar-refractivity contribution is -0.137. The third-order valence-corrected chi connectivity index (χ3v) is 5.59. The number of ether oxygens (including phenoxy) is 1. The van der Waals surface area contributed by atoms with E-state index in [1.807, 2.05) is 42.6 Å². The fourth-order valence-electron chi connectivity index (χ4n) is 3.83. The fraction of sp³-hybridized carbons (Fsp3) is 0.231. The van der Waals surface area contributed by atoms with Crippen molar-refractivity contribution >= 4 is 16.6 Å². The predicted molar refractivity (Wildman–Crippen MR) is 123 cm³/mol. The van der Waals surface area contributed by atoms with Crippen LogP contribution in [0.25, 0.3) is 10.9 Å². The van der Waals surface area contributed by atoms with Crippen LogP contribution in [0.1, 0.15) is 16.7 Å². The van der Waals surface area contributed by atoms with Crippen LogP contribution in [0.2, 0.25) is 0 Å². The van der Waals surface area contributed by atoms with Gasteiger partial charge < -0.3 is 19.7 Å². The molecule has 1 atom stereocenters. The summed E-state index contributed by atoms with van der Waals surface area (Å²) < 4.78 is 43.8. The Hall–Kier alpha value is -3.45. The highest BCUT2D eigenvalue weighted by molar-refractivity contribution is 5.92. The Kier molecular flexibility index (Phi) is 6.60. The van der Waals surface area contributed by atoms with Gasteiger partial charge in [-0.2, -0.15) is 13.2 Å². The van der Waals surface area contributed by atoms with Crippen molar-refractivity contribution in [3.63, 3.8) is 0 Å². The van der Waals surface area contributed by atoms with Crippen LogP contribution in [-0.4, -0.2) is 29.3 Å². The standard InChI is InChI=1S/C26H25F3N2O2/c1-18-5-2-3-6-19(18)15-31(25-8-4-7-24-23(25)13-14-30-24)16-21(32)17-33-22-11-9-20(10-12-22)26(27,28)29/h2-14,21,30,32H,15-17H2,1H3. The lowest BCUT2D eigenvalue weighted by atomic mass is 10.1. The number of hydrogen-bond acceptors (Lipinski definition) is 3. The molecule has 0 aliphatic heterocycles. The van der Waals surface area contributed by atoms with E-state index in [2.05, 4.69) is 28.9 Å². The molecule has 4 rings (SSSR count). The van der Waals surface area contributed by atoms with Crippen LogP contribution in [-0.2, 0) is 12.7 Å². The Labute approximate surface area is 190 Å². The van der Waals surface area contributed by atoms with Gasteiger partial charge in [-0.15, -0.1) is 0 Å². The maximum atomic E-state index is 12.7. The van der Waals surface area contributed by atoms with Crippen molar-refractivity contribution in [3.8, 4) is 5.75 Å². The Bertz CT molecular complexity index is 1200. The van der Waals surface area contributed by atoms with Gasteiger partial charge in [-0.05, 0) is 60.5 Å². The third kappa shape index (κ3) is 5.49. The van der Waals surface area contributed by atoms with E-state index in [1.165, 1.54) is 12.1 Å². The topological polar surface area (TPSA) is 48.5 Å². The third-order valence-electron chi connectivity index (χ3n) is 5.59. The number of aliphatic hydroxyl groups excluding tert-OH is 1. The summed E-state index contributed by atoms with van der Waals surface area (Å²) in [6.45, 7) is 2.89. The Morgan fingerprint density at radius 3 is 2.45 bits per heavy atom. The van der Waals surface area contributed by atoms with Crippen LogP contribution in [0.15, 0.2) is 79.0 Å². The lowest BCUT2D eigenvalue weighted by Crippen LogP contribution is -2.35. The summed E-state index contributed by atoms with van der Waals surface area (Å²) in [7, 11) is 0. The first-order valence-corrected chi connectivity index (χ1v) is 10.6. The second-order valence-corrected chi connectivity index (χ2v) is 8.01. The number of nitrogens with one attached hydrogen (secondary N) is 1. The van der Waals surface area contributed by atoms with Gasteiger partial charge in [-0.25, -0.2) is 0 Å². The number of benzene rings is 3. The van der Waals surface area contributed by atoms with E-state index in [1.54, 1.807) is 0 Å². The van der Waals surface area contributed by atoms with Crippen molar-refractivity contribution in [1.82, 2.24) is 4.98 Å². The number of H-pyrrole nitrogens is 1. The monoisotopic (exact) mass is 454 g/mol. The van der Waals surface area contributed by atoms with Crippen LogP contribution < -0.4 is 9.64 Å². The van der Waals surface area contributed by atoms with Gasteiger partial charge in [0.1, 0.15) is 18.5 Å². The van der Waals surface area contributed by atoms with Crippen LogP contribution >= 0.6 is 0 Å². The molecule has 0 bridgehead atoms. The first-order valence-electron chi connectivity index (χ1n) is 10.6. The second-order valence-electron chi connectivity index (χ2n) is 8.01. The number of aromatic nitrogens is 1. The SMILES string of the molecule is Cc1ccccc1CN(CC(O)COc1ccc(C(F)(F)F)cc1)c1cccc2[nH]ccc12. The quantitative estimate of drug-likeness (QED) is 0.346. The minimum atomic E-state index is -4.40. The van der Waals surface area contributed by atoms with Gasteiger partial charge in [-0.3, -0.25) is 0 Å². The van der Waals surface area contributed by atoms with E-state index in [0.717, 1.165) is 39.8 Å². The number of aliphatic hydroxyl groups is 1. The first kappa shape index (κ1) is 22.7. The van der Waals surface area contributed by atoms with Crippen LogP contribution in [0, 0.1) is 6.92 Å². The highest BCUT2D eigenvalue weighted by Crippen LogP contribution is 2.31. The summed E-state index contributed by atoms with van der Waals surface area (Å²) >= 11 is 0. The van der Waals surface area contributed by atoms with Gasteiger partial charge in [0, 0.05) is 35.9 Å². The number of anilines is 1. The minimum Gasteiger partial charge on any atom is -0.491 e. The molecule has 0 saturated heterocycles. The summed E-state index contributed by atoms with van der Waals surface area (Å²) in [6, 6.07) is 20.5. The molecule has 0 amide bonds. The first-order chi connectivity index (χ1) is 15.8. The molecule has 0 aliphatic carbocycles. The molecule has 33 heavy (non-hydrogen) atoms. The van der Waals surface area contributed by atoms with E-state index in [0.29, 0.717) is 13.1 Å². The predicted octanol–water partition coefficient (Wildman–Crippen LogP) is 5.94. The van der Waals surface area contributed by atoms with Gasteiger partial charge in [0.15, 0.2) is 0 Å². The van der Waals surface area contributed by atoms with E-state index in [9.17, 15) is 18.3 Å². The average molecular weight is 454 g/mol. The Morgan fingerprint density at radius 2 is 1.73 bits per heavy atom. The van der Waals surface area contributed by atoms with Gasteiger partial charge >= 0.3 is 6.18 Å². The number of halogens is 3. The lowest BCUT2D eigenvalue weighted by Gasteiger charge is -2.29. The summed E-state index contributed by atoms with van der Waals surface area (Å²) in [6.07, 6.45) is -3.37. The molecule has 0 aliphatic rings. The number of rotatable bonds is 8. The molecule has 1 aromatic heterocycles. The summed E-state index contributed by atoms with van der Waals surface area (Å²) in [5.74, 6) is 0.278. The highest BCUT2D eigenvalue weighted by Gasteiger charge is 2.30. The normalized spacial score (nSPS) is 12.6. The van der Waals surface area contributed by atoms with Crippen molar-refractivity contribution in [2.45, 2.75) is 25.7 Å². The van der Waals surface area contributed by atoms with Crippen molar-refractivity contribution in [3.05, 3.63) is 95.7 Å². The zero-order valence-corrected chi connectivity index (χ0v) is 18.1. The van der Waals surface area contributed by atoms with Crippen molar-refractivity contribution in [2.24, 2.45) is 0 Å². The van der Waals surface area contributed by atoms with E-state index in [4.69, 9.17) is 4.74 Å². The van der Waals surface area contributed by atoms with Crippen molar-refractivity contribution in [1.29, 1.82) is 0 Å². The average Bonchev–Trinajstić information content (AvgIpc) is 3.27. The molecule has 2 N–H and O–H groups in total. The molecule has 3 aromatic carbocycles. The van der Waals surface area contributed by atoms with E-state index >= 15 is 0 Å². The smallest absolute Gasteiger partial charge is 0.416 e. The van der Waals surface area contributed by atoms with Crippen LogP contribution in [0.5, 0.6) is 5.75 Å². The molecule has 0 fully saturated rings. The van der Waals surface area contributed by atoms with Crippen LogP contribution in [0.4, 0.5) is 18.9 Å². The number of fused-ring (bicyclic) bond motifs is 1. The number of hydrogen-bond donors (Lipinski definition) is 2. The summed E-state index contributed by atoms with van der Waals surface area (Å²) in [4.78, 5) is 5.31. The van der Waals surface area contributed by atoms with E-state index < -0.39 is 17.8 Å². The molecule has 0 saturated carbocycles. The molecule has 4 nitrogen and oxygen atoms in total. The molecular formula is C26H25F3N2O2. The van der Waals surface area contributed by atoms with Crippen molar-refractivity contribution in [2.75, 3.05) is 18.1 Å². The largest absolute Gasteiger partial charge is 0.491 e. The number of nitrogens with zero attached hydrogens (tertiary/aromatic N) is 1. The molecule has 7 heteroatoms. The van der Waals surface area contributed by atoms with Gasteiger partial charge in [0.2, 0.25) is 0 Å². The summed E-state index contributed by atoms with van der Waals surface area (Å²) in [5, 5.41) is 11.8. The van der Waals surface area contributed by atoms with E-state index in [-0.39, 0.29) is 12.4 Å². The second kappa shape index (κ2) is 9.58. The highest BCUT2D eigenvalue weighted by atomic mass is 19.4. The molecule has 172 valence electrons. The maximum Gasteiger partial charge on any atom is 0.416 e. The van der Waals surface area contributed by atoms with Gasteiger partial charge in [-0.1, -0.05) is 30.3 Å². The molecule has 1 heterocycles. The number of aryl methyl sites for hydroxylation is 1. The Morgan fingerprint density at radius 1 is 0.970 bits per heavy atom. The van der Waals surface area contributed by atoms with Crippen LogP contribution in [0.3, 0.4) is 0 Å². The molecule has 1 unspecified atom stereocenters. The van der Waals surface area contributed by atoms with Crippen molar-refractivity contribution < 1.29 is 23.0 Å². The minimum absolute atomic E-state index is 0.0429. The molecular weight excluding hydrogens is 429 g/mol. The zero-order chi connectivity index (χ0) is 23.4. The summed E-state index contributed by atoms with van der Waals surface area (Å²) in [5.41, 5.74) is 3.53. The number of aromatic amines is 1. The molecule has 4 aromatic rings. The fourth-order valence-corrected chi connectivity index (χ4v) is 3.83. The Balaban J connectivity index is 1.50. The number of alkyl halides is 3. The molecule has 0 radical (unpaired) electrons. The van der Waals surface area contributed by atoms with Gasteiger partial charge in [0.25, 0.3) is 0 Å². The van der Waals surface area contributed by atoms with Gasteiger partial charge in [0.05, 0.1) is 5.56 Å².